The molecule has 0 aliphatic carbocycles. The van der Waals surface area contributed by atoms with E-state index in [1.807, 2.05) is 67.6 Å². The minimum Gasteiger partial charge on any atom is -0.486 e. The van der Waals surface area contributed by atoms with Gasteiger partial charge in [0.2, 0.25) is 0 Å². The number of aryl methyl sites for hydroxylation is 1. The molecular formula is C23H20Br2ClN3O2. The standard InChI is InChI=1S/C23H20Br2ClN3O2/c1-15-6-8-18(9-7-15)27-13-22(30)29-28-12-16-10-19(24)23(20(25)11-16)31-14-17-4-2-3-5-21(17)26/h2-12,27H,13-14H2,1H3,(H,29,30)/b28-12-. The van der Waals surface area contributed by atoms with Crippen LogP contribution in [0.2, 0.25) is 5.02 Å². The van der Waals surface area contributed by atoms with Crippen LogP contribution >= 0.6 is 43.5 Å². The van der Waals surface area contributed by atoms with Crippen LogP contribution in [0.3, 0.4) is 0 Å². The lowest BCUT2D eigenvalue weighted by Gasteiger charge is -2.12. The normalized spacial score (nSPS) is 10.8. The van der Waals surface area contributed by atoms with Crippen LogP contribution in [-0.2, 0) is 11.4 Å². The Morgan fingerprint density at radius 2 is 1.77 bits per heavy atom. The number of hydrazone groups is 1. The molecule has 0 aliphatic heterocycles. The van der Waals surface area contributed by atoms with Gasteiger partial charge in [-0.3, -0.25) is 4.79 Å². The first-order chi connectivity index (χ1) is 14.9. The molecule has 0 saturated heterocycles. The molecule has 3 aromatic carbocycles. The van der Waals surface area contributed by atoms with Crippen LogP contribution in [-0.4, -0.2) is 18.7 Å². The molecular weight excluding hydrogens is 546 g/mol. The predicted molar refractivity (Wildman–Crippen MR) is 133 cm³/mol. The van der Waals surface area contributed by atoms with Crippen molar-refractivity contribution in [3.63, 3.8) is 0 Å². The Hall–Kier alpha value is -2.35. The Bertz CT molecular complexity index is 1070. The van der Waals surface area contributed by atoms with Gasteiger partial charge >= 0.3 is 0 Å². The summed E-state index contributed by atoms with van der Waals surface area (Å²) in [7, 11) is 0. The molecule has 0 heterocycles. The first-order valence-electron chi connectivity index (χ1n) is 9.40. The summed E-state index contributed by atoms with van der Waals surface area (Å²) in [5.74, 6) is 0.415. The Labute approximate surface area is 203 Å². The highest BCUT2D eigenvalue weighted by Gasteiger charge is 2.10. The second-order valence-corrected chi connectivity index (χ2v) is 8.82. The fourth-order valence-corrected chi connectivity index (χ4v) is 4.27. The number of halogens is 3. The van der Waals surface area contributed by atoms with Gasteiger partial charge in [0.25, 0.3) is 5.91 Å². The average Bonchev–Trinajstić information content (AvgIpc) is 2.74. The molecule has 5 nitrogen and oxygen atoms in total. The summed E-state index contributed by atoms with van der Waals surface area (Å²) < 4.78 is 7.42. The van der Waals surface area contributed by atoms with E-state index in [1.54, 1.807) is 6.21 Å². The molecule has 0 radical (unpaired) electrons. The van der Waals surface area contributed by atoms with Crippen LogP contribution in [0.5, 0.6) is 5.75 Å². The first kappa shape index (κ1) is 23.3. The van der Waals surface area contributed by atoms with Gasteiger partial charge in [0.15, 0.2) is 0 Å². The number of hydrogen-bond acceptors (Lipinski definition) is 4. The minimum atomic E-state index is -0.241. The van der Waals surface area contributed by atoms with Gasteiger partial charge in [-0.1, -0.05) is 47.5 Å². The maximum atomic E-state index is 12.0. The number of nitrogens with one attached hydrogen (secondary N) is 2. The van der Waals surface area contributed by atoms with Gasteiger partial charge in [-0.25, -0.2) is 5.43 Å². The largest absolute Gasteiger partial charge is 0.486 e. The third-order valence-electron chi connectivity index (χ3n) is 4.26. The lowest BCUT2D eigenvalue weighted by atomic mass is 10.2. The molecule has 3 aromatic rings. The van der Waals surface area contributed by atoms with E-state index >= 15 is 0 Å². The van der Waals surface area contributed by atoms with E-state index < -0.39 is 0 Å². The number of carbonyl (C=O) groups is 1. The molecule has 8 heteroatoms. The molecule has 31 heavy (non-hydrogen) atoms. The molecule has 0 atom stereocenters. The van der Waals surface area contributed by atoms with Crippen molar-refractivity contribution in [3.05, 3.63) is 91.3 Å². The number of nitrogens with zero attached hydrogens (tertiary/aromatic N) is 1. The van der Waals surface area contributed by atoms with Crippen molar-refractivity contribution in [2.45, 2.75) is 13.5 Å². The zero-order valence-electron chi connectivity index (χ0n) is 16.7. The van der Waals surface area contributed by atoms with Crippen molar-refractivity contribution >= 4 is 61.3 Å². The van der Waals surface area contributed by atoms with Crippen molar-refractivity contribution in [2.24, 2.45) is 5.10 Å². The highest BCUT2D eigenvalue weighted by Crippen LogP contribution is 2.35. The van der Waals surface area contributed by atoms with Gasteiger partial charge in [0, 0.05) is 16.3 Å². The number of carbonyl (C=O) groups excluding carboxylic acids is 1. The lowest BCUT2D eigenvalue weighted by molar-refractivity contribution is -0.119. The van der Waals surface area contributed by atoms with Crippen LogP contribution < -0.4 is 15.5 Å². The first-order valence-corrected chi connectivity index (χ1v) is 11.4. The second kappa shape index (κ2) is 11.3. The monoisotopic (exact) mass is 563 g/mol. The Morgan fingerprint density at radius 3 is 2.45 bits per heavy atom. The van der Waals surface area contributed by atoms with E-state index in [-0.39, 0.29) is 12.5 Å². The van der Waals surface area contributed by atoms with Gasteiger partial charge in [-0.15, -0.1) is 0 Å². The van der Waals surface area contributed by atoms with Crippen molar-refractivity contribution < 1.29 is 9.53 Å². The average molecular weight is 566 g/mol. The van der Waals surface area contributed by atoms with Crippen LogP contribution in [0.25, 0.3) is 0 Å². The Balaban J connectivity index is 1.54. The highest BCUT2D eigenvalue weighted by atomic mass is 79.9. The van der Waals surface area contributed by atoms with E-state index in [1.165, 1.54) is 0 Å². The Kier molecular flexibility index (Phi) is 8.51. The van der Waals surface area contributed by atoms with E-state index in [0.29, 0.717) is 17.4 Å². The molecule has 0 aromatic heterocycles. The minimum absolute atomic E-state index is 0.128. The van der Waals surface area contributed by atoms with Crippen molar-refractivity contribution in [1.29, 1.82) is 0 Å². The summed E-state index contributed by atoms with van der Waals surface area (Å²) in [6, 6.07) is 19.1. The van der Waals surface area contributed by atoms with E-state index in [4.69, 9.17) is 16.3 Å². The van der Waals surface area contributed by atoms with Crippen LogP contribution in [0.1, 0.15) is 16.7 Å². The number of rotatable bonds is 8. The molecule has 0 spiro atoms. The van der Waals surface area contributed by atoms with Gasteiger partial charge in [0.05, 0.1) is 21.7 Å². The lowest BCUT2D eigenvalue weighted by Crippen LogP contribution is -2.25. The number of benzene rings is 3. The summed E-state index contributed by atoms with van der Waals surface area (Å²) >= 11 is 13.2. The summed E-state index contributed by atoms with van der Waals surface area (Å²) in [6.07, 6.45) is 1.57. The SMILES string of the molecule is Cc1ccc(NCC(=O)N/N=C\c2cc(Br)c(OCc3ccccc3Cl)c(Br)c2)cc1. The fraction of sp³-hybridized carbons (Fsp3) is 0.130. The van der Waals surface area contributed by atoms with E-state index in [9.17, 15) is 4.79 Å². The van der Waals surface area contributed by atoms with Crippen molar-refractivity contribution in [1.82, 2.24) is 5.43 Å². The molecule has 3 rings (SSSR count). The van der Waals surface area contributed by atoms with Crippen LogP contribution in [0, 0.1) is 6.92 Å². The number of amides is 1. The molecule has 0 aliphatic rings. The molecule has 1 amide bonds. The summed E-state index contributed by atoms with van der Waals surface area (Å²) in [4.78, 5) is 12.0. The van der Waals surface area contributed by atoms with E-state index in [2.05, 4.69) is 47.7 Å². The summed E-state index contributed by atoms with van der Waals surface area (Å²) in [5.41, 5.74) is 6.24. The topological polar surface area (TPSA) is 62.7 Å². The second-order valence-electron chi connectivity index (χ2n) is 6.71. The fourth-order valence-electron chi connectivity index (χ4n) is 2.63. The quantitative estimate of drug-likeness (QED) is 0.248. The smallest absolute Gasteiger partial charge is 0.259 e. The summed E-state index contributed by atoms with van der Waals surface area (Å²) in [5, 5.41) is 7.73. The van der Waals surface area contributed by atoms with E-state index in [0.717, 1.165) is 31.3 Å². The zero-order valence-corrected chi connectivity index (χ0v) is 20.6. The van der Waals surface area contributed by atoms with Crippen molar-refractivity contribution in [2.75, 3.05) is 11.9 Å². The Morgan fingerprint density at radius 1 is 1.10 bits per heavy atom. The number of ether oxygens (including phenoxy) is 1. The molecule has 0 bridgehead atoms. The van der Waals surface area contributed by atoms with Gasteiger partial charge in [-0.2, -0.15) is 5.10 Å². The maximum absolute atomic E-state index is 12.0. The molecule has 0 unspecified atom stereocenters. The predicted octanol–water partition coefficient (Wildman–Crippen LogP) is 6.31. The molecule has 0 saturated carbocycles. The third kappa shape index (κ3) is 7.09. The van der Waals surface area contributed by atoms with Crippen molar-refractivity contribution in [3.8, 4) is 5.75 Å². The van der Waals surface area contributed by atoms with Gasteiger partial charge in [0.1, 0.15) is 12.4 Å². The molecule has 2 N–H and O–H groups in total. The molecule has 160 valence electrons. The third-order valence-corrected chi connectivity index (χ3v) is 5.80. The van der Waals surface area contributed by atoms with Crippen LogP contribution in [0.4, 0.5) is 5.69 Å². The number of hydrogen-bond donors (Lipinski definition) is 2. The highest BCUT2D eigenvalue weighted by molar-refractivity contribution is 9.11. The van der Waals surface area contributed by atoms with Crippen LogP contribution in [0.15, 0.2) is 74.7 Å². The zero-order chi connectivity index (χ0) is 22.2. The van der Waals surface area contributed by atoms with Gasteiger partial charge in [-0.05, 0) is 74.7 Å². The molecule has 0 fully saturated rings. The van der Waals surface area contributed by atoms with Gasteiger partial charge < -0.3 is 10.1 Å². The number of anilines is 1. The summed E-state index contributed by atoms with van der Waals surface area (Å²) in [6.45, 7) is 2.48. The maximum Gasteiger partial charge on any atom is 0.259 e.